The molecule has 1 heterocycles. The number of anilines is 1. The summed E-state index contributed by atoms with van der Waals surface area (Å²) in [5.41, 5.74) is 3.09. The summed E-state index contributed by atoms with van der Waals surface area (Å²) in [5.74, 6) is -0.741. The lowest BCUT2D eigenvalue weighted by Crippen LogP contribution is -2.20. The van der Waals surface area contributed by atoms with Gasteiger partial charge < -0.3 is 4.74 Å². The van der Waals surface area contributed by atoms with Crippen molar-refractivity contribution in [1.29, 1.82) is 0 Å². The van der Waals surface area contributed by atoms with Crippen LogP contribution in [0.15, 0.2) is 29.6 Å². The molecule has 5 nitrogen and oxygen atoms in total. The quantitative estimate of drug-likeness (QED) is 0.786. The first-order valence-electron chi connectivity index (χ1n) is 7.62. The van der Waals surface area contributed by atoms with E-state index in [9.17, 15) is 9.59 Å². The molecule has 0 atom stereocenters. The number of nitrogens with one attached hydrogen (secondary N) is 1. The van der Waals surface area contributed by atoms with Crippen LogP contribution in [0.5, 0.6) is 0 Å². The van der Waals surface area contributed by atoms with Crippen molar-refractivity contribution in [2.75, 3.05) is 11.9 Å². The zero-order valence-corrected chi connectivity index (χ0v) is 14.1. The molecule has 1 aromatic carbocycles. The molecule has 0 unspecified atom stereocenters. The van der Waals surface area contributed by atoms with Crippen LogP contribution in [0.2, 0.25) is 0 Å². The van der Waals surface area contributed by atoms with Gasteiger partial charge in [0.1, 0.15) is 0 Å². The predicted octanol–water partition coefficient (Wildman–Crippen LogP) is 3.65. The van der Waals surface area contributed by atoms with Gasteiger partial charge in [-0.2, -0.15) is 0 Å². The summed E-state index contributed by atoms with van der Waals surface area (Å²) in [6, 6.07) is 8.18. The summed E-state index contributed by atoms with van der Waals surface area (Å²) >= 11 is 1.34. The lowest BCUT2D eigenvalue weighted by Gasteiger charge is -2.03. The number of esters is 1. The number of aryl methyl sites for hydroxylation is 1. The Kier molecular flexibility index (Phi) is 6.29. The van der Waals surface area contributed by atoms with Gasteiger partial charge in [-0.15, -0.1) is 11.3 Å². The number of benzene rings is 1. The third kappa shape index (κ3) is 5.17. The summed E-state index contributed by atoms with van der Waals surface area (Å²) in [5, 5.41) is 5.03. The van der Waals surface area contributed by atoms with E-state index in [4.69, 9.17) is 4.74 Å². The third-order valence-corrected chi connectivity index (χ3v) is 3.98. The number of hydrogen-bond donors (Lipinski definition) is 1. The second-order valence-electron chi connectivity index (χ2n) is 5.05. The average molecular weight is 332 g/mol. The predicted molar refractivity (Wildman–Crippen MR) is 91.4 cm³/mol. The van der Waals surface area contributed by atoms with Crippen LogP contribution in [-0.4, -0.2) is 23.5 Å². The van der Waals surface area contributed by atoms with Crippen molar-refractivity contribution >= 4 is 28.3 Å². The van der Waals surface area contributed by atoms with Gasteiger partial charge in [0.15, 0.2) is 11.7 Å². The molecule has 0 aliphatic carbocycles. The summed E-state index contributed by atoms with van der Waals surface area (Å²) in [6.45, 7) is 3.71. The van der Waals surface area contributed by atoms with Crippen molar-refractivity contribution < 1.29 is 14.3 Å². The normalized spacial score (nSPS) is 10.3. The molecule has 0 aliphatic heterocycles. The van der Waals surface area contributed by atoms with E-state index in [1.807, 2.05) is 24.4 Å². The van der Waals surface area contributed by atoms with Crippen molar-refractivity contribution in [3.8, 4) is 11.3 Å². The third-order valence-electron chi connectivity index (χ3n) is 3.23. The molecule has 0 radical (unpaired) electrons. The van der Waals surface area contributed by atoms with Crippen LogP contribution in [0, 0.1) is 0 Å². The minimum absolute atomic E-state index is 0.279. The number of nitrogens with zero attached hydrogens (tertiary/aromatic N) is 1. The fraction of sp³-hybridized carbons (Fsp3) is 0.353. The van der Waals surface area contributed by atoms with Crippen molar-refractivity contribution in [2.45, 2.75) is 33.1 Å². The maximum absolute atomic E-state index is 11.7. The first kappa shape index (κ1) is 17.1. The highest BCUT2D eigenvalue weighted by Crippen LogP contribution is 2.25. The Morgan fingerprint density at radius 2 is 1.96 bits per heavy atom. The Labute approximate surface area is 139 Å². The van der Waals surface area contributed by atoms with Crippen molar-refractivity contribution in [3.63, 3.8) is 0 Å². The van der Waals surface area contributed by atoms with E-state index < -0.39 is 0 Å². The van der Waals surface area contributed by atoms with Crippen molar-refractivity contribution in [1.82, 2.24) is 4.98 Å². The van der Waals surface area contributed by atoms with Crippen LogP contribution in [0.3, 0.4) is 0 Å². The molecule has 0 spiro atoms. The van der Waals surface area contributed by atoms with Gasteiger partial charge in [0.05, 0.1) is 5.69 Å². The Bertz CT molecular complexity index is 665. The fourth-order valence-electron chi connectivity index (χ4n) is 1.95. The molecule has 2 aromatic rings. The molecule has 6 heteroatoms. The van der Waals surface area contributed by atoms with E-state index in [2.05, 4.69) is 29.4 Å². The zero-order valence-electron chi connectivity index (χ0n) is 13.3. The van der Waals surface area contributed by atoms with Crippen LogP contribution >= 0.6 is 11.3 Å². The van der Waals surface area contributed by atoms with E-state index in [0.29, 0.717) is 18.0 Å². The summed E-state index contributed by atoms with van der Waals surface area (Å²) in [6.07, 6.45) is 2.02. The number of carbonyl (C=O) groups is 2. The molecule has 1 N–H and O–H groups in total. The van der Waals surface area contributed by atoms with Crippen molar-refractivity contribution in [3.05, 3.63) is 35.2 Å². The number of ether oxygens (including phenoxy) is 1. The SMILES string of the molecule is CCCC(=O)OCC(=O)Nc1nc(-c2ccc(CC)cc2)cs1. The summed E-state index contributed by atoms with van der Waals surface area (Å²) < 4.78 is 4.86. The molecule has 2 rings (SSSR count). The molecule has 0 saturated carbocycles. The van der Waals surface area contributed by atoms with Crippen LogP contribution in [0.25, 0.3) is 11.3 Å². The molecule has 1 amide bonds. The van der Waals surface area contributed by atoms with Gasteiger partial charge in [0, 0.05) is 17.4 Å². The highest BCUT2D eigenvalue weighted by Gasteiger charge is 2.10. The van der Waals surface area contributed by atoms with Crippen molar-refractivity contribution in [2.24, 2.45) is 0 Å². The molecule has 0 aliphatic rings. The van der Waals surface area contributed by atoms with E-state index in [1.54, 1.807) is 0 Å². The van der Waals surface area contributed by atoms with E-state index in [1.165, 1.54) is 16.9 Å². The van der Waals surface area contributed by atoms with Crippen LogP contribution in [0.4, 0.5) is 5.13 Å². The lowest BCUT2D eigenvalue weighted by molar-refractivity contribution is -0.147. The van der Waals surface area contributed by atoms with E-state index >= 15 is 0 Å². The van der Waals surface area contributed by atoms with Gasteiger partial charge in [-0.25, -0.2) is 4.98 Å². The second-order valence-corrected chi connectivity index (χ2v) is 5.91. The summed E-state index contributed by atoms with van der Waals surface area (Å²) in [4.78, 5) is 27.3. The van der Waals surface area contributed by atoms with Crippen LogP contribution < -0.4 is 5.32 Å². The van der Waals surface area contributed by atoms with Gasteiger partial charge >= 0.3 is 5.97 Å². The minimum Gasteiger partial charge on any atom is -0.456 e. The Morgan fingerprint density at radius 3 is 2.61 bits per heavy atom. The Balaban J connectivity index is 1.91. The maximum atomic E-state index is 11.7. The van der Waals surface area contributed by atoms with Gasteiger partial charge in [-0.3, -0.25) is 14.9 Å². The highest BCUT2D eigenvalue weighted by atomic mass is 32.1. The molecule has 0 fully saturated rings. The monoisotopic (exact) mass is 332 g/mol. The number of aromatic nitrogens is 1. The van der Waals surface area contributed by atoms with Gasteiger partial charge in [0.25, 0.3) is 5.91 Å². The first-order valence-corrected chi connectivity index (χ1v) is 8.50. The van der Waals surface area contributed by atoms with Crippen LogP contribution in [-0.2, 0) is 20.7 Å². The number of hydrogen-bond acceptors (Lipinski definition) is 5. The molecule has 122 valence electrons. The van der Waals surface area contributed by atoms with Crippen LogP contribution in [0.1, 0.15) is 32.3 Å². The number of rotatable bonds is 7. The van der Waals surface area contributed by atoms with Gasteiger partial charge in [-0.05, 0) is 18.4 Å². The number of thiazole rings is 1. The maximum Gasteiger partial charge on any atom is 0.306 e. The molecular weight excluding hydrogens is 312 g/mol. The zero-order chi connectivity index (χ0) is 16.7. The van der Waals surface area contributed by atoms with Gasteiger partial charge in [-0.1, -0.05) is 38.1 Å². The molecule has 23 heavy (non-hydrogen) atoms. The summed E-state index contributed by atoms with van der Waals surface area (Å²) in [7, 11) is 0. The topological polar surface area (TPSA) is 68.3 Å². The smallest absolute Gasteiger partial charge is 0.306 e. The van der Waals surface area contributed by atoms with Gasteiger partial charge in [0.2, 0.25) is 0 Å². The fourth-order valence-corrected chi connectivity index (χ4v) is 2.69. The first-order chi connectivity index (χ1) is 11.1. The molecular formula is C17H20N2O3S. The standard InChI is InChI=1S/C17H20N2O3S/c1-3-5-16(21)22-10-15(20)19-17-18-14(11-23-17)13-8-6-12(4-2)7-9-13/h6-9,11H,3-5,10H2,1-2H3,(H,18,19,20). The molecule has 0 bridgehead atoms. The lowest BCUT2D eigenvalue weighted by atomic mass is 10.1. The Morgan fingerprint density at radius 1 is 1.22 bits per heavy atom. The average Bonchev–Trinajstić information content (AvgIpc) is 3.02. The van der Waals surface area contributed by atoms with E-state index in [-0.39, 0.29) is 18.5 Å². The Hall–Kier alpha value is -2.21. The number of amides is 1. The minimum atomic E-state index is -0.378. The largest absolute Gasteiger partial charge is 0.456 e. The molecule has 1 aromatic heterocycles. The molecule has 0 saturated heterocycles. The van der Waals surface area contributed by atoms with E-state index in [0.717, 1.165) is 17.7 Å². The number of carbonyl (C=O) groups excluding carboxylic acids is 2. The second kappa shape index (κ2) is 8.43. The highest BCUT2D eigenvalue weighted by molar-refractivity contribution is 7.14.